The summed E-state index contributed by atoms with van der Waals surface area (Å²) in [7, 11) is 1.70. The molecule has 0 spiro atoms. The number of anilines is 1. The van der Waals surface area contributed by atoms with Crippen molar-refractivity contribution in [2.75, 3.05) is 5.73 Å². The minimum Gasteiger partial charge on any atom is -0.456 e. The molecule has 100 valence electrons. The summed E-state index contributed by atoms with van der Waals surface area (Å²) in [6, 6.07) is 5.74. The van der Waals surface area contributed by atoms with Gasteiger partial charge >= 0.3 is 5.97 Å². The first kappa shape index (κ1) is 13.6. The third-order valence-corrected chi connectivity index (χ3v) is 3.38. The summed E-state index contributed by atoms with van der Waals surface area (Å²) in [5, 5.41) is 0. The first-order chi connectivity index (χ1) is 8.97. The fourth-order valence-electron chi connectivity index (χ4n) is 1.66. The number of benzene rings is 1. The van der Waals surface area contributed by atoms with Gasteiger partial charge in [-0.1, -0.05) is 15.9 Å². The van der Waals surface area contributed by atoms with E-state index < -0.39 is 5.97 Å². The van der Waals surface area contributed by atoms with Gasteiger partial charge in [-0.15, -0.1) is 0 Å². The van der Waals surface area contributed by atoms with Gasteiger partial charge in [-0.25, -0.2) is 9.18 Å². The maximum absolute atomic E-state index is 13.1. The Morgan fingerprint density at radius 2 is 2.21 bits per heavy atom. The number of ether oxygens (including phenoxy) is 1. The molecule has 2 aromatic rings. The van der Waals surface area contributed by atoms with Crippen LogP contribution in [0.1, 0.15) is 16.1 Å². The molecular formula is C13H12BrFN2O2. The van der Waals surface area contributed by atoms with Crippen LogP contribution in [0.5, 0.6) is 0 Å². The highest BCUT2D eigenvalue weighted by molar-refractivity contribution is 9.10. The highest BCUT2D eigenvalue weighted by atomic mass is 79.9. The highest BCUT2D eigenvalue weighted by Gasteiger charge is 2.13. The Labute approximate surface area is 118 Å². The zero-order chi connectivity index (χ0) is 14.0. The van der Waals surface area contributed by atoms with Gasteiger partial charge in [-0.05, 0) is 24.3 Å². The molecule has 0 saturated heterocycles. The molecule has 0 aliphatic heterocycles. The number of esters is 1. The number of nitrogens with zero attached hydrogens (tertiary/aromatic N) is 1. The quantitative estimate of drug-likeness (QED) is 0.882. The molecule has 1 heterocycles. The number of hydrogen-bond acceptors (Lipinski definition) is 3. The normalized spacial score (nSPS) is 10.5. The highest BCUT2D eigenvalue weighted by Crippen LogP contribution is 2.19. The Balaban J connectivity index is 2.08. The van der Waals surface area contributed by atoms with Crippen LogP contribution in [0.15, 0.2) is 34.9 Å². The van der Waals surface area contributed by atoms with Crippen LogP contribution in [-0.2, 0) is 18.4 Å². The maximum Gasteiger partial charge on any atom is 0.355 e. The van der Waals surface area contributed by atoms with Crippen molar-refractivity contribution in [1.82, 2.24) is 4.57 Å². The van der Waals surface area contributed by atoms with Crippen molar-refractivity contribution in [2.24, 2.45) is 7.05 Å². The Morgan fingerprint density at radius 3 is 2.84 bits per heavy atom. The van der Waals surface area contributed by atoms with Crippen molar-refractivity contribution in [1.29, 1.82) is 0 Å². The van der Waals surface area contributed by atoms with Gasteiger partial charge < -0.3 is 15.0 Å². The fourth-order valence-corrected chi connectivity index (χ4v) is 2.03. The first-order valence-corrected chi connectivity index (χ1v) is 6.29. The molecule has 0 radical (unpaired) electrons. The number of aromatic nitrogens is 1. The molecule has 0 saturated carbocycles. The SMILES string of the molecule is Cn1cc(N)cc1C(=O)OCc1cc(F)ccc1Br. The fraction of sp³-hybridized carbons (Fsp3) is 0.154. The minimum absolute atomic E-state index is 0.0116. The van der Waals surface area contributed by atoms with E-state index in [1.54, 1.807) is 23.9 Å². The van der Waals surface area contributed by atoms with Gasteiger partial charge in [-0.3, -0.25) is 0 Å². The number of halogens is 2. The van der Waals surface area contributed by atoms with E-state index in [1.807, 2.05) is 0 Å². The minimum atomic E-state index is -0.504. The lowest BCUT2D eigenvalue weighted by Crippen LogP contribution is -2.09. The summed E-state index contributed by atoms with van der Waals surface area (Å²) in [4.78, 5) is 11.8. The predicted octanol–water partition coefficient (Wildman–Crippen LogP) is 2.87. The maximum atomic E-state index is 13.1. The Hall–Kier alpha value is -1.82. The second-order valence-electron chi connectivity index (χ2n) is 4.08. The molecule has 0 unspecified atom stereocenters. The summed E-state index contributed by atoms with van der Waals surface area (Å²) in [5.74, 6) is -0.882. The molecule has 0 atom stereocenters. The number of nitrogen functional groups attached to an aromatic ring is 1. The zero-order valence-electron chi connectivity index (χ0n) is 10.2. The van der Waals surface area contributed by atoms with E-state index in [1.165, 1.54) is 18.2 Å². The lowest BCUT2D eigenvalue weighted by molar-refractivity contribution is 0.0460. The van der Waals surface area contributed by atoms with E-state index in [9.17, 15) is 9.18 Å². The molecule has 0 aliphatic rings. The van der Waals surface area contributed by atoms with Gasteiger partial charge in [0.25, 0.3) is 0 Å². The molecule has 2 N–H and O–H groups in total. The summed E-state index contributed by atoms with van der Waals surface area (Å²) in [5.41, 5.74) is 6.99. The molecule has 19 heavy (non-hydrogen) atoms. The van der Waals surface area contributed by atoms with E-state index in [0.29, 0.717) is 21.4 Å². The summed E-state index contributed by atoms with van der Waals surface area (Å²) < 4.78 is 20.5. The number of nitrogens with two attached hydrogens (primary N) is 1. The smallest absolute Gasteiger partial charge is 0.355 e. The second kappa shape index (κ2) is 5.44. The molecule has 6 heteroatoms. The number of carbonyl (C=O) groups excluding carboxylic acids is 1. The van der Waals surface area contributed by atoms with Crippen LogP contribution in [-0.4, -0.2) is 10.5 Å². The van der Waals surface area contributed by atoms with Gasteiger partial charge in [0.15, 0.2) is 0 Å². The molecule has 0 aliphatic carbocycles. The van der Waals surface area contributed by atoms with E-state index in [-0.39, 0.29) is 12.4 Å². The third kappa shape index (κ3) is 3.14. The van der Waals surface area contributed by atoms with Crippen molar-refractivity contribution >= 4 is 27.6 Å². The standard InChI is InChI=1S/C13H12BrFN2O2/c1-17-6-10(16)5-12(17)13(18)19-7-8-4-9(15)2-3-11(8)14/h2-6H,7,16H2,1H3. The third-order valence-electron chi connectivity index (χ3n) is 2.60. The molecule has 4 nitrogen and oxygen atoms in total. The molecule has 2 rings (SSSR count). The van der Waals surface area contributed by atoms with Crippen LogP contribution in [0, 0.1) is 5.82 Å². The number of carbonyl (C=O) groups is 1. The van der Waals surface area contributed by atoms with Crippen LogP contribution < -0.4 is 5.73 Å². The number of rotatable bonds is 3. The van der Waals surface area contributed by atoms with Crippen molar-refractivity contribution in [3.8, 4) is 0 Å². The predicted molar refractivity (Wildman–Crippen MR) is 73.0 cm³/mol. The van der Waals surface area contributed by atoms with Crippen LogP contribution in [0.25, 0.3) is 0 Å². The van der Waals surface area contributed by atoms with Crippen LogP contribution in [0.2, 0.25) is 0 Å². The van der Waals surface area contributed by atoms with Gasteiger partial charge in [0.05, 0.1) is 5.69 Å². The Morgan fingerprint density at radius 1 is 1.47 bits per heavy atom. The van der Waals surface area contributed by atoms with Crippen molar-refractivity contribution in [3.63, 3.8) is 0 Å². The first-order valence-electron chi connectivity index (χ1n) is 5.50. The topological polar surface area (TPSA) is 57.2 Å². The lowest BCUT2D eigenvalue weighted by Gasteiger charge is -2.07. The summed E-state index contributed by atoms with van der Waals surface area (Å²) in [6.07, 6.45) is 1.62. The van der Waals surface area contributed by atoms with Gasteiger partial charge in [0.2, 0.25) is 0 Å². The average Bonchev–Trinajstić information content (AvgIpc) is 2.69. The molecule has 1 aromatic heterocycles. The van der Waals surface area contributed by atoms with Crippen molar-refractivity contribution in [2.45, 2.75) is 6.61 Å². The van der Waals surface area contributed by atoms with Crippen molar-refractivity contribution in [3.05, 3.63) is 52.0 Å². The van der Waals surface area contributed by atoms with Crippen molar-refractivity contribution < 1.29 is 13.9 Å². The van der Waals surface area contributed by atoms with Crippen LogP contribution >= 0.6 is 15.9 Å². The average molecular weight is 327 g/mol. The molecule has 0 amide bonds. The molecule has 0 fully saturated rings. The monoisotopic (exact) mass is 326 g/mol. The molecule has 1 aromatic carbocycles. The largest absolute Gasteiger partial charge is 0.456 e. The summed E-state index contributed by atoms with van der Waals surface area (Å²) >= 11 is 3.27. The van der Waals surface area contributed by atoms with Gasteiger partial charge in [-0.2, -0.15) is 0 Å². The zero-order valence-corrected chi connectivity index (χ0v) is 11.8. The summed E-state index contributed by atoms with van der Waals surface area (Å²) in [6.45, 7) is -0.0116. The van der Waals surface area contributed by atoms with Gasteiger partial charge in [0, 0.05) is 23.3 Å². The van der Waals surface area contributed by atoms with Crippen LogP contribution in [0.4, 0.5) is 10.1 Å². The van der Waals surface area contributed by atoms with E-state index in [0.717, 1.165) is 0 Å². The Bertz CT molecular complexity index is 625. The molecule has 0 bridgehead atoms. The number of hydrogen-bond donors (Lipinski definition) is 1. The van der Waals surface area contributed by atoms with E-state index in [2.05, 4.69) is 15.9 Å². The van der Waals surface area contributed by atoms with Gasteiger partial charge in [0.1, 0.15) is 18.1 Å². The lowest BCUT2D eigenvalue weighted by atomic mass is 10.2. The number of aryl methyl sites for hydroxylation is 1. The molecular weight excluding hydrogens is 315 g/mol. The van der Waals surface area contributed by atoms with Crippen LogP contribution in [0.3, 0.4) is 0 Å². The Kier molecular flexibility index (Phi) is 3.90. The van der Waals surface area contributed by atoms with E-state index in [4.69, 9.17) is 10.5 Å². The van der Waals surface area contributed by atoms with E-state index >= 15 is 0 Å². The second-order valence-corrected chi connectivity index (χ2v) is 4.94.